The molecule has 0 atom stereocenters. The molecule has 0 aliphatic carbocycles. The average molecular weight is 406 g/mol. The van der Waals surface area contributed by atoms with E-state index in [1.807, 2.05) is 54.6 Å². The SMILES string of the molecule is Cl.Fc1ccc(CCNCc2cccc(OCc3ccc(Cl)cc3)c2)cc1. The lowest BCUT2D eigenvalue weighted by Gasteiger charge is -2.09. The lowest BCUT2D eigenvalue weighted by molar-refractivity contribution is 0.306. The first-order valence-electron chi connectivity index (χ1n) is 8.60. The Labute approximate surface area is 170 Å². The molecule has 0 bridgehead atoms. The molecule has 0 saturated carbocycles. The van der Waals surface area contributed by atoms with Crippen LogP contribution >= 0.6 is 24.0 Å². The minimum Gasteiger partial charge on any atom is -0.489 e. The van der Waals surface area contributed by atoms with Crippen molar-refractivity contribution in [3.8, 4) is 5.75 Å². The van der Waals surface area contributed by atoms with Gasteiger partial charge in [-0.1, -0.05) is 48.0 Å². The molecule has 2 nitrogen and oxygen atoms in total. The minimum atomic E-state index is -0.197. The van der Waals surface area contributed by atoms with Crippen molar-refractivity contribution >= 4 is 24.0 Å². The molecular weight excluding hydrogens is 384 g/mol. The van der Waals surface area contributed by atoms with Gasteiger partial charge in [0.15, 0.2) is 0 Å². The summed E-state index contributed by atoms with van der Waals surface area (Å²) in [6.45, 7) is 2.11. The van der Waals surface area contributed by atoms with Crippen molar-refractivity contribution in [1.82, 2.24) is 5.32 Å². The first-order valence-corrected chi connectivity index (χ1v) is 8.98. The van der Waals surface area contributed by atoms with Gasteiger partial charge in [-0.2, -0.15) is 0 Å². The Morgan fingerprint density at radius 2 is 1.56 bits per heavy atom. The first-order chi connectivity index (χ1) is 12.7. The number of hydrogen-bond donors (Lipinski definition) is 1. The molecular formula is C22H22Cl2FNO. The van der Waals surface area contributed by atoms with Crippen LogP contribution in [-0.2, 0) is 19.6 Å². The third-order valence-electron chi connectivity index (χ3n) is 4.05. The zero-order valence-corrected chi connectivity index (χ0v) is 16.4. The van der Waals surface area contributed by atoms with Gasteiger partial charge < -0.3 is 10.1 Å². The molecule has 3 aromatic rings. The zero-order valence-electron chi connectivity index (χ0n) is 14.8. The van der Waals surface area contributed by atoms with Crippen molar-refractivity contribution in [2.45, 2.75) is 19.6 Å². The lowest BCUT2D eigenvalue weighted by atomic mass is 10.1. The highest BCUT2D eigenvalue weighted by atomic mass is 35.5. The van der Waals surface area contributed by atoms with Crippen molar-refractivity contribution in [3.63, 3.8) is 0 Å². The van der Waals surface area contributed by atoms with E-state index >= 15 is 0 Å². The van der Waals surface area contributed by atoms with Gasteiger partial charge in [-0.25, -0.2) is 4.39 Å². The van der Waals surface area contributed by atoms with Crippen molar-refractivity contribution in [2.75, 3.05) is 6.54 Å². The van der Waals surface area contributed by atoms with E-state index in [-0.39, 0.29) is 18.2 Å². The average Bonchev–Trinajstić information content (AvgIpc) is 2.67. The molecule has 0 aliphatic rings. The van der Waals surface area contributed by atoms with Crippen LogP contribution in [0.4, 0.5) is 4.39 Å². The minimum absolute atomic E-state index is 0. The second-order valence-electron chi connectivity index (χ2n) is 6.12. The summed E-state index contributed by atoms with van der Waals surface area (Å²) in [5.41, 5.74) is 3.37. The van der Waals surface area contributed by atoms with E-state index in [9.17, 15) is 4.39 Å². The Bertz CT molecular complexity index is 822. The van der Waals surface area contributed by atoms with Gasteiger partial charge in [0.1, 0.15) is 18.2 Å². The Kier molecular flexibility index (Phi) is 8.59. The summed E-state index contributed by atoms with van der Waals surface area (Å²) in [4.78, 5) is 0. The summed E-state index contributed by atoms with van der Waals surface area (Å²) in [6.07, 6.45) is 0.868. The van der Waals surface area contributed by atoms with Crippen molar-refractivity contribution in [1.29, 1.82) is 0 Å². The van der Waals surface area contributed by atoms with Gasteiger partial charge in [-0.15, -0.1) is 12.4 Å². The molecule has 0 saturated heterocycles. The topological polar surface area (TPSA) is 21.3 Å². The summed E-state index contributed by atoms with van der Waals surface area (Å²) in [5, 5.41) is 4.13. The zero-order chi connectivity index (χ0) is 18.2. The second kappa shape index (κ2) is 10.9. The summed E-state index contributed by atoms with van der Waals surface area (Å²) in [6, 6.07) is 22.3. The van der Waals surface area contributed by atoms with E-state index < -0.39 is 0 Å². The van der Waals surface area contributed by atoms with Crippen LogP contribution in [0.5, 0.6) is 5.75 Å². The largest absolute Gasteiger partial charge is 0.489 e. The molecule has 0 amide bonds. The van der Waals surface area contributed by atoms with Gasteiger partial charge in [0.05, 0.1) is 0 Å². The maximum Gasteiger partial charge on any atom is 0.123 e. The van der Waals surface area contributed by atoms with Crippen LogP contribution in [-0.4, -0.2) is 6.54 Å². The molecule has 0 spiro atoms. The Hall–Kier alpha value is -2.07. The third-order valence-corrected chi connectivity index (χ3v) is 4.30. The predicted molar refractivity (Wildman–Crippen MR) is 111 cm³/mol. The lowest BCUT2D eigenvalue weighted by Crippen LogP contribution is -2.16. The van der Waals surface area contributed by atoms with Crippen LogP contribution in [0.3, 0.4) is 0 Å². The van der Waals surface area contributed by atoms with Gasteiger partial charge in [0, 0.05) is 11.6 Å². The molecule has 3 rings (SSSR count). The van der Waals surface area contributed by atoms with Crippen molar-refractivity contribution in [2.24, 2.45) is 0 Å². The van der Waals surface area contributed by atoms with Crippen LogP contribution in [0.1, 0.15) is 16.7 Å². The fraction of sp³-hybridized carbons (Fsp3) is 0.182. The quantitative estimate of drug-likeness (QED) is 0.477. The molecule has 0 fully saturated rings. The van der Waals surface area contributed by atoms with Gasteiger partial charge in [0.2, 0.25) is 0 Å². The molecule has 0 aliphatic heterocycles. The third kappa shape index (κ3) is 7.22. The standard InChI is InChI=1S/C22H21ClFNO.ClH/c23-20-8-4-18(5-9-20)16-26-22-3-1-2-19(14-22)15-25-13-12-17-6-10-21(24)11-7-17;/h1-11,14,25H,12-13,15-16H2;1H. The summed E-state index contributed by atoms with van der Waals surface area (Å²) < 4.78 is 18.7. The summed E-state index contributed by atoms with van der Waals surface area (Å²) >= 11 is 5.89. The van der Waals surface area contributed by atoms with Crippen LogP contribution in [0.2, 0.25) is 5.02 Å². The Morgan fingerprint density at radius 3 is 2.30 bits per heavy atom. The Morgan fingerprint density at radius 1 is 0.852 bits per heavy atom. The van der Waals surface area contributed by atoms with Crippen molar-refractivity contribution in [3.05, 3.63) is 100 Å². The maximum atomic E-state index is 12.9. The van der Waals surface area contributed by atoms with E-state index in [4.69, 9.17) is 16.3 Å². The molecule has 0 aromatic heterocycles. The smallest absolute Gasteiger partial charge is 0.123 e. The van der Waals surface area contributed by atoms with Crippen LogP contribution in [0.25, 0.3) is 0 Å². The van der Waals surface area contributed by atoms with Gasteiger partial charge >= 0.3 is 0 Å². The highest BCUT2D eigenvalue weighted by Crippen LogP contribution is 2.16. The highest BCUT2D eigenvalue weighted by Gasteiger charge is 2.00. The maximum absolute atomic E-state index is 12.9. The summed E-state index contributed by atoms with van der Waals surface area (Å²) in [7, 11) is 0. The van der Waals surface area contributed by atoms with E-state index in [0.717, 1.165) is 47.0 Å². The number of ether oxygens (including phenoxy) is 1. The first kappa shape index (κ1) is 21.2. The van der Waals surface area contributed by atoms with E-state index in [2.05, 4.69) is 11.4 Å². The fourth-order valence-electron chi connectivity index (χ4n) is 2.61. The molecule has 1 N–H and O–H groups in total. The van der Waals surface area contributed by atoms with Crippen LogP contribution in [0, 0.1) is 5.82 Å². The van der Waals surface area contributed by atoms with Crippen LogP contribution in [0.15, 0.2) is 72.8 Å². The van der Waals surface area contributed by atoms with E-state index in [1.54, 1.807) is 0 Å². The van der Waals surface area contributed by atoms with Crippen LogP contribution < -0.4 is 10.1 Å². The molecule has 5 heteroatoms. The number of hydrogen-bond acceptors (Lipinski definition) is 2. The van der Waals surface area contributed by atoms with E-state index in [0.29, 0.717) is 6.61 Å². The van der Waals surface area contributed by atoms with Gasteiger partial charge in [0.25, 0.3) is 0 Å². The second-order valence-corrected chi connectivity index (χ2v) is 6.55. The normalized spacial score (nSPS) is 10.3. The molecule has 0 heterocycles. The van der Waals surface area contributed by atoms with Gasteiger partial charge in [-0.3, -0.25) is 0 Å². The number of halogens is 3. The molecule has 142 valence electrons. The van der Waals surface area contributed by atoms with Gasteiger partial charge in [-0.05, 0) is 66.1 Å². The number of nitrogens with one attached hydrogen (secondary N) is 1. The number of benzene rings is 3. The predicted octanol–water partition coefficient (Wildman–Crippen LogP) is 5.81. The molecule has 27 heavy (non-hydrogen) atoms. The van der Waals surface area contributed by atoms with Crippen molar-refractivity contribution < 1.29 is 9.13 Å². The molecule has 3 aromatic carbocycles. The Balaban J connectivity index is 0.00000261. The molecule has 0 radical (unpaired) electrons. The summed E-state index contributed by atoms with van der Waals surface area (Å²) in [5.74, 6) is 0.648. The molecule has 0 unspecified atom stereocenters. The number of rotatable bonds is 8. The van der Waals surface area contributed by atoms with E-state index in [1.165, 1.54) is 12.1 Å². The fourth-order valence-corrected chi connectivity index (χ4v) is 2.74. The highest BCUT2D eigenvalue weighted by molar-refractivity contribution is 6.30. The monoisotopic (exact) mass is 405 g/mol.